The van der Waals surface area contributed by atoms with E-state index < -0.39 is 5.82 Å². The van der Waals surface area contributed by atoms with Crippen LogP contribution >= 0.6 is 11.8 Å². The first-order chi connectivity index (χ1) is 15.5. The van der Waals surface area contributed by atoms with Crippen LogP contribution in [0.5, 0.6) is 0 Å². The van der Waals surface area contributed by atoms with Gasteiger partial charge in [-0.1, -0.05) is 48.2 Å². The second-order valence-electron chi connectivity index (χ2n) is 7.70. The van der Waals surface area contributed by atoms with E-state index in [1.807, 2.05) is 30.3 Å². The van der Waals surface area contributed by atoms with Crippen molar-refractivity contribution < 1.29 is 9.18 Å². The summed E-state index contributed by atoms with van der Waals surface area (Å²) in [5, 5.41) is 0.801. The molecule has 0 unspecified atom stereocenters. The van der Waals surface area contributed by atoms with Crippen LogP contribution in [-0.2, 0) is 11.2 Å². The van der Waals surface area contributed by atoms with E-state index in [9.17, 15) is 14.0 Å². The number of hydrogen-bond donors (Lipinski definition) is 0. The number of aromatic nitrogens is 2. The van der Waals surface area contributed by atoms with E-state index >= 15 is 0 Å². The van der Waals surface area contributed by atoms with E-state index in [1.54, 1.807) is 42.2 Å². The lowest BCUT2D eigenvalue weighted by Crippen LogP contribution is -2.31. The summed E-state index contributed by atoms with van der Waals surface area (Å²) in [7, 11) is 0. The molecule has 160 valence electrons. The van der Waals surface area contributed by atoms with Gasteiger partial charge in [0.05, 0.1) is 22.3 Å². The summed E-state index contributed by atoms with van der Waals surface area (Å²) in [5.41, 5.74) is 3.22. The fraction of sp³-hybridized carbons (Fsp3) is 0.160. The van der Waals surface area contributed by atoms with Crippen molar-refractivity contribution in [1.82, 2.24) is 9.55 Å². The first-order valence-electron chi connectivity index (χ1n) is 10.3. The molecule has 1 aromatic heterocycles. The Morgan fingerprint density at radius 3 is 2.72 bits per heavy atom. The maximum absolute atomic E-state index is 14.3. The highest BCUT2D eigenvalue weighted by molar-refractivity contribution is 7.99. The average molecular weight is 446 g/mol. The molecule has 1 aliphatic heterocycles. The maximum Gasteiger partial charge on any atom is 0.266 e. The van der Waals surface area contributed by atoms with Crippen molar-refractivity contribution in [2.45, 2.75) is 18.5 Å². The van der Waals surface area contributed by atoms with Gasteiger partial charge in [-0.3, -0.25) is 14.2 Å². The number of fused-ring (bicyclic) bond motifs is 2. The lowest BCUT2D eigenvalue weighted by atomic mass is 10.2. The predicted molar refractivity (Wildman–Crippen MR) is 125 cm³/mol. The SMILES string of the molecule is Cc1ccc(-n2c(SCC(=O)N3CCc4ccccc43)nc3ccccc3c2=O)cc1F. The molecule has 0 aliphatic carbocycles. The molecule has 0 bridgehead atoms. The average Bonchev–Trinajstić information content (AvgIpc) is 3.24. The molecule has 7 heteroatoms. The number of anilines is 1. The molecular formula is C25H20FN3O2S. The van der Waals surface area contributed by atoms with Crippen molar-refractivity contribution in [3.63, 3.8) is 0 Å². The third-order valence-electron chi connectivity index (χ3n) is 5.67. The number of benzene rings is 3. The van der Waals surface area contributed by atoms with Crippen LogP contribution in [0.25, 0.3) is 16.6 Å². The zero-order chi connectivity index (χ0) is 22.2. The Morgan fingerprint density at radius 1 is 1.09 bits per heavy atom. The normalized spacial score (nSPS) is 12.9. The maximum atomic E-state index is 14.3. The van der Waals surface area contributed by atoms with Crippen LogP contribution in [0, 0.1) is 12.7 Å². The molecule has 1 aliphatic rings. The van der Waals surface area contributed by atoms with E-state index in [0.717, 1.165) is 17.7 Å². The van der Waals surface area contributed by atoms with Gasteiger partial charge in [0.2, 0.25) is 5.91 Å². The smallest absolute Gasteiger partial charge is 0.266 e. The summed E-state index contributed by atoms with van der Waals surface area (Å²) >= 11 is 1.19. The van der Waals surface area contributed by atoms with E-state index in [-0.39, 0.29) is 17.2 Å². The molecule has 0 N–H and O–H groups in total. The number of hydrogen-bond acceptors (Lipinski definition) is 4. The Labute approximate surface area is 188 Å². The van der Waals surface area contributed by atoms with Crippen molar-refractivity contribution in [3.05, 3.63) is 94.0 Å². The number of aryl methyl sites for hydroxylation is 1. The summed E-state index contributed by atoms with van der Waals surface area (Å²) in [6, 6.07) is 19.6. The topological polar surface area (TPSA) is 55.2 Å². The van der Waals surface area contributed by atoms with E-state index in [4.69, 9.17) is 0 Å². The van der Waals surface area contributed by atoms with Gasteiger partial charge in [-0.05, 0) is 54.8 Å². The van der Waals surface area contributed by atoms with Crippen molar-refractivity contribution in [2.75, 3.05) is 17.2 Å². The van der Waals surface area contributed by atoms with Gasteiger partial charge in [0.15, 0.2) is 5.16 Å². The van der Waals surface area contributed by atoms with Gasteiger partial charge in [-0.25, -0.2) is 9.37 Å². The van der Waals surface area contributed by atoms with Crippen LogP contribution in [0.15, 0.2) is 76.7 Å². The lowest BCUT2D eigenvalue weighted by Gasteiger charge is -2.18. The molecule has 0 saturated carbocycles. The number of para-hydroxylation sites is 2. The fourth-order valence-electron chi connectivity index (χ4n) is 3.96. The number of nitrogens with zero attached hydrogens (tertiary/aromatic N) is 3. The third-order valence-corrected chi connectivity index (χ3v) is 6.59. The van der Waals surface area contributed by atoms with Crippen molar-refractivity contribution >= 4 is 34.3 Å². The van der Waals surface area contributed by atoms with Crippen LogP contribution in [0.2, 0.25) is 0 Å². The molecule has 3 aromatic carbocycles. The van der Waals surface area contributed by atoms with Crippen molar-refractivity contribution in [1.29, 1.82) is 0 Å². The summed E-state index contributed by atoms with van der Waals surface area (Å²) < 4.78 is 15.7. The molecule has 2 heterocycles. The molecule has 5 nitrogen and oxygen atoms in total. The van der Waals surface area contributed by atoms with Crippen molar-refractivity contribution in [3.8, 4) is 5.69 Å². The minimum atomic E-state index is -0.400. The van der Waals surface area contributed by atoms with Gasteiger partial charge in [-0.15, -0.1) is 0 Å². The van der Waals surface area contributed by atoms with Crippen LogP contribution < -0.4 is 10.5 Å². The Hall–Kier alpha value is -3.45. The monoisotopic (exact) mass is 445 g/mol. The molecule has 4 aromatic rings. The standard InChI is InChI=1S/C25H20FN3O2S/c1-16-10-11-18(14-20(16)26)29-24(31)19-7-3-4-8-21(19)27-25(29)32-15-23(30)28-13-12-17-6-2-5-9-22(17)28/h2-11,14H,12-13,15H2,1H3. The summed E-state index contributed by atoms with van der Waals surface area (Å²) in [6.45, 7) is 2.31. The number of thioether (sulfide) groups is 1. The van der Waals surface area contributed by atoms with Gasteiger partial charge in [0, 0.05) is 12.2 Å². The highest BCUT2D eigenvalue weighted by Crippen LogP contribution is 2.29. The zero-order valence-corrected chi connectivity index (χ0v) is 18.2. The molecule has 0 fully saturated rings. The van der Waals surface area contributed by atoms with Crippen LogP contribution in [-0.4, -0.2) is 27.8 Å². The zero-order valence-electron chi connectivity index (χ0n) is 17.4. The second-order valence-corrected chi connectivity index (χ2v) is 8.64. The fourth-order valence-corrected chi connectivity index (χ4v) is 4.85. The van der Waals surface area contributed by atoms with E-state index in [2.05, 4.69) is 4.98 Å². The minimum absolute atomic E-state index is 0.0519. The highest BCUT2D eigenvalue weighted by Gasteiger charge is 2.25. The summed E-state index contributed by atoms with van der Waals surface area (Å²) in [4.78, 5) is 32.7. The van der Waals surface area contributed by atoms with Gasteiger partial charge in [0.25, 0.3) is 5.56 Å². The van der Waals surface area contributed by atoms with Gasteiger partial charge in [-0.2, -0.15) is 0 Å². The highest BCUT2D eigenvalue weighted by atomic mass is 32.2. The first kappa shape index (κ1) is 20.5. The second kappa shape index (κ2) is 8.24. The molecule has 32 heavy (non-hydrogen) atoms. The number of carbonyl (C=O) groups excluding carboxylic acids is 1. The number of amides is 1. The molecular weight excluding hydrogens is 425 g/mol. The predicted octanol–water partition coefficient (Wildman–Crippen LogP) is 4.51. The molecule has 0 radical (unpaired) electrons. The molecule has 0 atom stereocenters. The van der Waals surface area contributed by atoms with E-state index in [1.165, 1.54) is 22.4 Å². The minimum Gasteiger partial charge on any atom is -0.311 e. The largest absolute Gasteiger partial charge is 0.311 e. The first-order valence-corrected chi connectivity index (χ1v) is 11.3. The number of carbonyl (C=O) groups is 1. The molecule has 0 saturated heterocycles. The molecule has 0 spiro atoms. The van der Waals surface area contributed by atoms with Crippen LogP contribution in [0.3, 0.4) is 0 Å². The Kier molecular flexibility index (Phi) is 5.27. The Morgan fingerprint density at radius 2 is 1.88 bits per heavy atom. The Bertz CT molecular complexity index is 1420. The van der Waals surface area contributed by atoms with Gasteiger partial charge in [0.1, 0.15) is 5.82 Å². The number of rotatable bonds is 4. The van der Waals surface area contributed by atoms with E-state index in [0.29, 0.717) is 33.9 Å². The third kappa shape index (κ3) is 3.58. The van der Waals surface area contributed by atoms with Crippen LogP contribution in [0.1, 0.15) is 11.1 Å². The van der Waals surface area contributed by atoms with Gasteiger partial charge >= 0.3 is 0 Å². The van der Waals surface area contributed by atoms with Crippen molar-refractivity contribution in [2.24, 2.45) is 0 Å². The molecule has 1 amide bonds. The summed E-state index contributed by atoms with van der Waals surface area (Å²) in [5.74, 6) is -0.333. The number of halogens is 1. The van der Waals surface area contributed by atoms with Gasteiger partial charge < -0.3 is 4.90 Å². The quantitative estimate of drug-likeness (QED) is 0.343. The lowest BCUT2D eigenvalue weighted by molar-refractivity contribution is -0.116. The molecule has 5 rings (SSSR count). The Balaban J connectivity index is 1.52. The van der Waals surface area contributed by atoms with Crippen LogP contribution in [0.4, 0.5) is 10.1 Å². The summed E-state index contributed by atoms with van der Waals surface area (Å²) in [6.07, 6.45) is 0.828.